The van der Waals surface area contributed by atoms with Crippen molar-refractivity contribution in [3.05, 3.63) is 60.0 Å². The summed E-state index contributed by atoms with van der Waals surface area (Å²) in [6.07, 6.45) is 0. The van der Waals surface area contributed by atoms with Gasteiger partial charge in [-0.05, 0) is 25.1 Å². The number of para-hydroxylation sites is 2. The first-order chi connectivity index (χ1) is 10.8. The van der Waals surface area contributed by atoms with Gasteiger partial charge in [0.1, 0.15) is 0 Å². The van der Waals surface area contributed by atoms with Crippen LogP contribution in [0.2, 0.25) is 0 Å². The second-order valence-corrected chi connectivity index (χ2v) is 4.82. The normalized spacial score (nSPS) is 10.5. The predicted octanol–water partition coefficient (Wildman–Crippen LogP) is 3.63. The van der Waals surface area contributed by atoms with Crippen molar-refractivity contribution in [2.45, 2.75) is 13.5 Å². The molecule has 5 heteroatoms. The number of hydrogen-bond donors (Lipinski definition) is 0. The number of methoxy groups -OCH3 is 1. The first-order valence-corrected chi connectivity index (χ1v) is 6.91. The highest BCUT2D eigenvalue weighted by molar-refractivity contribution is 5.55. The van der Waals surface area contributed by atoms with Gasteiger partial charge in [-0.3, -0.25) is 0 Å². The molecule has 2 aromatic carbocycles. The molecule has 0 unspecified atom stereocenters. The minimum atomic E-state index is 0.194. The minimum Gasteiger partial charge on any atom is -0.493 e. The van der Waals surface area contributed by atoms with E-state index in [9.17, 15) is 0 Å². The zero-order valence-corrected chi connectivity index (χ0v) is 12.4. The second kappa shape index (κ2) is 6.30. The summed E-state index contributed by atoms with van der Waals surface area (Å²) in [5.41, 5.74) is 2.07. The number of ether oxygens (including phenoxy) is 2. The fourth-order valence-corrected chi connectivity index (χ4v) is 2.09. The van der Waals surface area contributed by atoms with Gasteiger partial charge in [-0.1, -0.05) is 41.1 Å². The van der Waals surface area contributed by atoms with Gasteiger partial charge in [0.2, 0.25) is 5.82 Å². The first-order valence-electron chi connectivity index (χ1n) is 6.91. The molecule has 3 aromatic rings. The lowest BCUT2D eigenvalue weighted by Gasteiger charge is -2.07. The lowest BCUT2D eigenvalue weighted by atomic mass is 10.1. The summed E-state index contributed by atoms with van der Waals surface area (Å²) in [5.74, 6) is 2.28. The highest BCUT2D eigenvalue weighted by Gasteiger charge is 2.10. The third kappa shape index (κ3) is 3.09. The van der Waals surface area contributed by atoms with Crippen LogP contribution in [0.15, 0.2) is 53.1 Å². The lowest BCUT2D eigenvalue weighted by molar-refractivity contribution is 0.233. The molecule has 0 aliphatic heterocycles. The van der Waals surface area contributed by atoms with Crippen LogP contribution in [0, 0.1) is 6.92 Å². The van der Waals surface area contributed by atoms with Crippen LogP contribution in [0.25, 0.3) is 11.4 Å². The van der Waals surface area contributed by atoms with Crippen LogP contribution in [0.5, 0.6) is 11.5 Å². The van der Waals surface area contributed by atoms with Crippen molar-refractivity contribution in [1.82, 2.24) is 10.1 Å². The fourth-order valence-electron chi connectivity index (χ4n) is 2.09. The number of hydrogen-bond acceptors (Lipinski definition) is 5. The van der Waals surface area contributed by atoms with E-state index in [-0.39, 0.29) is 6.61 Å². The van der Waals surface area contributed by atoms with Crippen molar-refractivity contribution in [3.8, 4) is 22.9 Å². The monoisotopic (exact) mass is 296 g/mol. The molecule has 0 radical (unpaired) electrons. The Bertz CT molecular complexity index is 768. The molecule has 112 valence electrons. The lowest BCUT2D eigenvalue weighted by Crippen LogP contribution is -1.97. The Balaban J connectivity index is 1.72. The summed E-state index contributed by atoms with van der Waals surface area (Å²) in [6.45, 7) is 2.22. The number of aryl methyl sites for hydroxylation is 1. The zero-order valence-electron chi connectivity index (χ0n) is 12.4. The van der Waals surface area contributed by atoms with E-state index in [1.807, 2.05) is 55.5 Å². The van der Waals surface area contributed by atoms with Gasteiger partial charge in [0, 0.05) is 5.56 Å². The molecule has 0 amide bonds. The standard InChI is InChI=1S/C17H16N2O3/c1-12-6-5-7-13(10-12)17-18-16(22-19-17)11-21-15-9-4-3-8-14(15)20-2/h3-10H,11H2,1-2H3. The molecule has 0 atom stereocenters. The van der Waals surface area contributed by atoms with Crippen LogP contribution in [0.3, 0.4) is 0 Å². The van der Waals surface area contributed by atoms with E-state index in [1.54, 1.807) is 7.11 Å². The molecular weight excluding hydrogens is 280 g/mol. The van der Waals surface area contributed by atoms with E-state index in [4.69, 9.17) is 14.0 Å². The van der Waals surface area contributed by atoms with Crippen molar-refractivity contribution in [1.29, 1.82) is 0 Å². The Morgan fingerprint density at radius 2 is 1.86 bits per heavy atom. The molecular formula is C17H16N2O3. The van der Waals surface area contributed by atoms with Gasteiger partial charge in [0.05, 0.1) is 7.11 Å². The molecule has 0 N–H and O–H groups in total. The average molecular weight is 296 g/mol. The molecule has 22 heavy (non-hydrogen) atoms. The van der Waals surface area contributed by atoms with Gasteiger partial charge in [0.15, 0.2) is 18.1 Å². The topological polar surface area (TPSA) is 57.4 Å². The molecule has 0 spiro atoms. The molecule has 1 heterocycles. The van der Waals surface area contributed by atoms with E-state index in [1.165, 1.54) is 0 Å². The van der Waals surface area contributed by atoms with E-state index >= 15 is 0 Å². The Kier molecular flexibility index (Phi) is 4.05. The molecule has 0 saturated carbocycles. The Morgan fingerprint density at radius 1 is 1.05 bits per heavy atom. The van der Waals surface area contributed by atoms with Crippen LogP contribution < -0.4 is 9.47 Å². The van der Waals surface area contributed by atoms with Crippen LogP contribution >= 0.6 is 0 Å². The summed E-state index contributed by atoms with van der Waals surface area (Å²) in [6, 6.07) is 15.4. The summed E-state index contributed by atoms with van der Waals surface area (Å²) >= 11 is 0. The van der Waals surface area contributed by atoms with E-state index in [0.717, 1.165) is 11.1 Å². The second-order valence-electron chi connectivity index (χ2n) is 4.82. The molecule has 0 aliphatic carbocycles. The fraction of sp³-hybridized carbons (Fsp3) is 0.176. The maximum atomic E-state index is 5.67. The van der Waals surface area contributed by atoms with Crippen molar-refractivity contribution in [2.24, 2.45) is 0 Å². The summed E-state index contributed by atoms with van der Waals surface area (Å²) in [7, 11) is 1.60. The third-order valence-electron chi connectivity index (χ3n) is 3.16. The molecule has 5 nitrogen and oxygen atoms in total. The van der Waals surface area contributed by atoms with Gasteiger partial charge in [-0.2, -0.15) is 4.98 Å². The van der Waals surface area contributed by atoms with Crippen molar-refractivity contribution in [2.75, 3.05) is 7.11 Å². The SMILES string of the molecule is COc1ccccc1OCc1nc(-c2cccc(C)c2)no1. The number of rotatable bonds is 5. The van der Waals surface area contributed by atoms with Gasteiger partial charge in [-0.15, -0.1) is 0 Å². The van der Waals surface area contributed by atoms with Crippen molar-refractivity contribution in [3.63, 3.8) is 0 Å². The summed E-state index contributed by atoms with van der Waals surface area (Å²) < 4.78 is 16.1. The Labute approximate surface area is 128 Å². The number of nitrogens with zero attached hydrogens (tertiary/aromatic N) is 2. The van der Waals surface area contributed by atoms with E-state index in [0.29, 0.717) is 23.2 Å². The maximum absolute atomic E-state index is 5.67. The quantitative estimate of drug-likeness (QED) is 0.719. The van der Waals surface area contributed by atoms with Crippen LogP contribution in [0.1, 0.15) is 11.5 Å². The Morgan fingerprint density at radius 3 is 2.64 bits per heavy atom. The summed E-state index contributed by atoms with van der Waals surface area (Å²) in [5, 5.41) is 3.99. The van der Waals surface area contributed by atoms with Gasteiger partial charge in [0.25, 0.3) is 5.89 Å². The largest absolute Gasteiger partial charge is 0.493 e. The zero-order chi connectivity index (χ0) is 15.4. The molecule has 0 saturated heterocycles. The predicted molar refractivity (Wildman–Crippen MR) is 81.8 cm³/mol. The van der Waals surface area contributed by atoms with E-state index in [2.05, 4.69) is 10.1 Å². The molecule has 0 aliphatic rings. The number of aromatic nitrogens is 2. The van der Waals surface area contributed by atoms with Crippen LogP contribution in [0.4, 0.5) is 0 Å². The summed E-state index contributed by atoms with van der Waals surface area (Å²) in [4.78, 5) is 4.35. The molecule has 0 fully saturated rings. The van der Waals surface area contributed by atoms with E-state index < -0.39 is 0 Å². The Hall–Kier alpha value is -2.82. The van der Waals surface area contributed by atoms with Gasteiger partial charge < -0.3 is 14.0 Å². The van der Waals surface area contributed by atoms with Gasteiger partial charge >= 0.3 is 0 Å². The van der Waals surface area contributed by atoms with Crippen LogP contribution in [-0.4, -0.2) is 17.3 Å². The highest BCUT2D eigenvalue weighted by atomic mass is 16.5. The minimum absolute atomic E-state index is 0.194. The van der Waals surface area contributed by atoms with Gasteiger partial charge in [-0.25, -0.2) is 0 Å². The molecule has 0 bridgehead atoms. The first kappa shape index (κ1) is 14.1. The smallest absolute Gasteiger partial charge is 0.264 e. The third-order valence-corrected chi connectivity index (χ3v) is 3.16. The maximum Gasteiger partial charge on any atom is 0.264 e. The average Bonchev–Trinajstić information content (AvgIpc) is 3.02. The number of benzene rings is 2. The van der Waals surface area contributed by atoms with Crippen molar-refractivity contribution >= 4 is 0 Å². The highest BCUT2D eigenvalue weighted by Crippen LogP contribution is 2.26. The van der Waals surface area contributed by atoms with Crippen LogP contribution in [-0.2, 0) is 6.61 Å². The molecule has 3 rings (SSSR count). The molecule has 1 aromatic heterocycles. The van der Waals surface area contributed by atoms with Crippen molar-refractivity contribution < 1.29 is 14.0 Å².